The molecule has 5 rings (SSSR count). The molecule has 5 nitrogen and oxygen atoms in total. The summed E-state index contributed by atoms with van der Waals surface area (Å²) in [6.45, 7) is 0.323. The zero-order valence-electron chi connectivity index (χ0n) is 18.2. The van der Waals surface area contributed by atoms with Crippen LogP contribution in [0.3, 0.4) is 0 Å². The van der Waals surface area contributed by atoms with Crippen LogP contribution < -0.4 is 5.32 Å². The van der Waals surface area contributed by atoms with Crippen molar-refractivity contribution in [2.24, 2.45) is 5.92 Å². The fourth-order valence-corrected chi connectivity index (χ4v) is 5.06. The zero-order valence-corrected chi connectivity index (χ0v) is 18.2. The molecule has 3 aliphatic rings. The molecule has 1 saturated heterocycles. The predicted octanol–water partition coefficient (Wildman–Crippen LogP) is 4.26. The molecule has 2 aliphatic carbocycles. The van der Waals surface area contributed by atoms with Crippen molar-refractivity contribution in [2.75, 3.05) is 7.11 Å². The Kier molecular flexibility index (Phi) is 5.23. The van der Waals surface area contributed by atoms with Crippen molar-refractivity contribution >= 4 is 11.9 Å². The Labute approximate surface area is 189 Å². The Hall–Kier alpha value is -2.87. The van der Waals surface area contributed by atoms with Crippen molar-refractivity contribution in [3.63, 3.8) is 0 Å². The highest BCUT2D eigenvalue weighted by molar-refractivity contribution is 5.89. The summed E-state index contributed by atoms with van der Waals surface area (Å²) in [5, 5.41) is 3.20. The summed E-state index contributed by atoms with van der Waals surface area (Å²) in [6.07, 6.45) is -1.05. The van der Waals surface area contributed by atoms with E-state index in [2.05, 4.69) is 10.2 Å². The fraction of sp³-hybridized carbons (Fsp3) is 0.440. The number of hydrogen-bond acceptors (Lipinski definition) is 4. The molecule has 0 radical (unpaired) electrons. The molecule has 0 spiro atoms. The first-order valence-corrected chi connectivity index (χ1v) is 11.1. The van der Waals surface area contributed by atoms with Crippen molar-refractivity contribution in [2.45, 2.75) is 56.0 Å². The van der Waals surface area contributed by atoms with Gasteiger partial charge < -0.3 is 10.1 Å². The van der Waals surface area contributed by atoms with Gasteiger partial charge in [-0.15, -0.1) is 0 Å². The molecule has 1 N–H and O–H groups in total. The molecule has 1 heterocycles. The van der Waals surface area contributed by atoms with Gasteiger partial charge in [-0.1, -0.05) is 30.3 Å². The maximum atomic E-state index is 13.3. The van der Waals surface area contributed by atoms with E-state index in [1.165, 1.54) is 19.2 Å². The largest absolute Gasteiger partial charge is 0.465 e. The van der Waals surface area contributed by atoms with Crippen LogP contribution in [-0.2, 0) is 27.8 Å². The lowest BCUT2D eigenvalue weighted by Gasteiger charge is -2.29. The second kappa shape index (κ2) is 7.87. The van der Waals surface area contributed by atoms with E-state index in [0.717, 1.165) is 37.3 Å². The second-order valence-electron chi connectivity index (χ2n) is 9.33. The Balaban J connectivity index is 1.29. The molecule has 0 aromatic heterocycles. The van der Waals surface area contributed by atoms with Crippen LogP contribution in [0.15, 0.2) is 48.5 Å². The lowest BCUT2D eigenvalue weighted by atomic mass is 10.0. The Morgan fingerprint density at radius 1 is 1.12 bits per heavy atom. The molecule has 1 aliphatic heterocycles. The quantitative estimate of drug-likeness (QED) is 0.658. The minimum Gasteiger partial charge on any atom is -0.465 e. The second-order valence-corrected chi connectivity index (χ2v) is 9.33. The van der Waals surface area contributed by atoms with E-state index in [4.69, 9.17) is 4.74 Å². The maximum absolute atomic E-state index is 13.3. The first-order valence-electron chi connectivity index (χ1n) is 11.1. The number of carbonyl (C=O) groups is 2. The van der Waals surface area contributed by atoms with Crippen LogP contribution in [0.4, 0.5) is 13.2 Å². The van der Waals surface area contributed by atoms with Gasteiger partial charge in [0.25, 0.3) is 0 Å². The van der Waals surface area contributed by atoms with Crippen LogP contribution in [0.1, 0.15) is 52.7 Å². The standard InChI is InChI=1S/C25H25F3N2O3/c1-33-23(32)16-5-7-18(8-6-16)24(9-10-24)29-22(31)21-13-17-12-20(17)30(21)14-15-3-2-4-19(11-15)25(26,27)28/h2-8,11,17,20-21H,9-10,12-14H2,1H3,(H,29,31)/t17?,20?,21-/m1/s1. The topological polar surface area (TPSA) is 58.6 Å². The zero-order chi connectivity index (χ0) is 23.4. The number of alkyl halides is 3. The number of piperidine rings is 1. The summed E-state index contributed by atoms with van der Waals surface area (Å²) in [6, 6.07) is 12.3. The summed E-state index contributed by atoms with van der Waals surface area (Å²) in [4.78, 5) is 27.0. The molecule has 8 heteroatoms. The summed E-state index contributed by atoms with van der Waals surface area (Å²) >= 11 is 0. The van der Waals surface area contributed by atoms with Gasteiger partial charge in [0.1, 0.15) is 0 Å². The minimum absolute atomic E-state index is 0.0799. The summed E-state index contributed by atoms with van der Waals surface area (Å²) in [5.41, 5.74) is 0.845. The molecule has 3 atom stereocenters. The van der Waals surface area contributed by atoms with Crippen LogP contribution >= 0.6 is 0 Å². The van der Waals surface area contributed by atoms with E-state index in [-0.39, 0.29) is 18.0 Å². The van der Waals surface area contributed by atoms with Crippen molar-refractivity contribution in [3.05, 3.63) is 70.8 Å². The third-order valence-electron chi connectivity index (χ3n) is 7.13. The molecular weight excluding hydrogens is 433 g/mol. The number of ether oxygens (including phenoxy) is 1. The van der Waals surface area contributed by atoms with E-state index in [1.54, 1.807) is 18.2 Å². The van der Waals surface area contributed by atoms with Crippen molar-refractivity contribution in [1.82, 2.24) is 10.2 Å². The lowest BCUT2D eigenvalue weighted by Crippen LogP contribution is -2.48. The number of esters is 1. The van der Waals surface area contributed by atoms with Crippen LogP contribution in [0.25, 0.3) is 0 Å². The number of nitrogens with zero attached hydrogens (tertiary/aromatic N) is 1. The average molecular weight is 458 g/mol. The number of fused-ring (bicyclic) bond motifs is 1. The van der Waals surface area contributed by atoms with Gasteiger partial charge in [0.05, 0.1) is 29.8 Å². The van der Waals surface area contributed by atoms with Gasteiger partial charge in [-0.25, -0.2) is 4.79 Å². The van der Waals surface area contributed by atoms with E-state index in [1.807, 2.05) is 12.1 Å². The van der Waals surface area contributed by atoms with E-state index in [0.29, 0.717) is 23.6 Å². The molecule has 2 saturated carbocycles. The normalized spacial score (nSPS) is 25.3. The molecule has 2 aromatic rings. The van der Waals surface area contributed by atoms with Crippen LogP contribution in [0, 0.1) is 5.92 Å². The van der Waals surface area contributed by atoms with Gasteiger partial charge in [-0.2, -0.15) is 13.2 Å². The molecule has 174 valence electrons. The number of carbonyl (C=O) groups excluding carboxylic acids is 2. The van der Waals surface area contributed by atoms with Crippen LogP contribution in [0.2, 0.25) is 0 Å². The summed E-state index contributed by atoms with van der Waals surface area (Å²) in [7, 11) is 1.33. The number of hydrogen-bond donors (Lipinski definition) is 1. The molecule has 1 amide bonds. The number of nitrogens with one attached hydrogen (secondary N) is 1. The number of halogens is 3. The van der Waals surface area contributed by atoms with Crippen molar-refractivity contribution < 1.29 is 27.5 Å². The monoisotopic (exact) mass is 458 g/mol. The predicted molar refractivity (Wildman–Crippen MR) is 114 cm³/mol. The Bertz CT molecular complexity index is 1080. The van der Waals surface area contributed by atoms with Gasteiger partial charge in [0.2, 0.25) is 5.91 Å². The highest BCUT2D eigenvalue weighted by Crippen LogP contribution is 2.50. The molecule has 33 heavy (non-hydrogen) atoms. The SMILES string of the molecule is COC(=O)c1ccc(C2(NC(=O)[C@H]3CC4CC4N3Cc3cccc(C(F)(F)F)c3)CC2)cc1. The van der Waals surface area contributed by atoms with E-state index in [9.17, 15) is 22.8 Å². The van der Waals surface area contributed by atoms with Gasteiger partial charge in [0.15, 0.2) is 0 Å². The number of rotatable bonds is 6. The van der Waals surface area contributed by atoms with Crippen LogP contribution in [-0.4, -0.2) is 36.0 Å². The van der Waals surface area contributed by atoms with Gasteiger partial charge in [0, 0.05) is 12.6 Å². The lowest BCUT2D eigenvalue weighted by molar-refractivity contribution is -0.137. The van der Waals surface area contributed by atoms with Gasteiger partial charge in [-0.05, 0) is 60.9 Å². The summed E-state index contributed by atoms with van der Waals surface area (Å²) < 4.78 is 44.1. The minimum atomic E-state index is -4.39. The Morgan fingerprint density at radius 3 is 2.48 bits per heavy atom. The third-order valence-corrected chi connectivity index (χ3v) is 7.13. The number of methoxy groups -OCH3 is 1. The number of amides is 1. The third kappa shape index (κ3) is 4.24. The molecule has 3 fully saturated rings. The highest BCUT2D eigenvalue weighted by atomic mass is 19.4. The molecule has 2 aromatic carbocycles. The van der Waals surface area contributed by atoms with Gasteiger partial charge in [-0.3, -0.25) is 9.69 Å². The number of likely N-dealkylation sites (tertiary alicyclic amines) is 1. The average Bonchev–Trinajstić information content (AvgIpc) is 3.72. The van der Waals surface area contributed by atoms with Crippen molar-refractivity contribution in [3.8, 4) is 0 Å². The van der Waals surface area contributed by atoms with E-state index < -0.39 is 23.2 Å². The smallest absolute Gasteiger partial charge is 0.416 e. The summed E-state index contributed by atoms with van der Waals surface area (Å²) in [5.74, 6) is -0.0596. The number of benzene rings is 2. The van der Waals surface area contributed by atoms with Crippen LogP contribution in [0.5, 0.6) is 0 Å². The highest BCUT2D eigenvalue weighted by Gasteiger charge is 2.55. The van der Waals surface area contributed by atoms with Gasteiger partial charge >= 0.3 is 12.1 Å². The molecular formula is C25H25F3N2O3. The first kappa shape index (κ1) is 21.9. The fourth-order valence-electron chi connectivity index (χ4n) is 5.06. The first-order chi connectivity index (χ1) is 15.7. The maximum Gasteiger partial charge on any atom is 0.416 e. The Morgan fingerprint density at radius 2 is 1.85 bits per heavy atom. The molecule has 2 unspecified atom stereocenters. The van der Waals surface area contributed by atoms with Crippen molar-refractivity contribution in [1.29, 1.82) is 0 Å². The molecule has 0 bridgehead atoms. The van der Waals surface area contributed by atoms with E-state index >= 15 is 0 Å².